The van der Waals surface area contributed by atoms with Gasteiger partial charge in [0.2, 0.25) is 0 Å². The summed E-state index contributed by atoms with van der Waals surface area (Å²) in [6.07, 6.45) is 1.56. The van der Waals surface area contributed by atoms with Crippen molar-refractivity contribution in [3.8, 4) is 17.2 Å². The number of ketones is 1. The molecule has 1 amide bonds. The lowest BCUT2D eigenvalue weighted by Gasteiger charge is -2.29. The van der Waals surface area contributed by atoms with Crippen LogP contribution >= 0.6 is 0 Å². The predicted molar refractivity (Wildman–Crippen MR) is 141 cm³/mol. The summed E-state index contributed by atoms with van der Waals surface area (Å²) in [5.41, 5.74) is 10.8. The van der Waals surface area contributed by atoms with E-state index in [1.807, 2.05) is 18.2 Å². The Morgan fingerprint density at radius 3 is 2.51 bits per heavy atom. The highest BCUT2D eigenvalue weighted by Crippen LogP contribution is 2.39. The Morgan fingerprint density at radius 2 is 1.84 bits per heavy atom. The number of rotatable bonds is 9. The van der Waals surface area contributed by atoms with Crippen molar-refractivity contribution in [1.82, 2.24) is 15.1 Å². The molecule has 0 aliphatic heterocycles. The van der Waals surface area contributed by atoms with Crippen LogP contribution in [0.25, 0.3) is 5.69 Å². The molecule has 0 saturated heterocycles. The number of aromatic nitrogens is 2. The van der Waals surface area contributed by atoms with Gasteiger partial charge in [0.15, 0.2) is 17.3 Å². The molecule has 0 radical (unpaired) electrons. The molecule has 0 bridgehead atoms. The van der Waals surface area contributed by atoms with Crippen molar-refractivity contribution in [3.63, 3.8) is 0 Å². The molecule has 1 aromatic heterocycles. The number of methoxy groups -OCH3 is 3. The van der Waals surface area contributed by atoms with Crippen LogP contribution < -0.4 is 20.5 Å². The van der Waals surface area contributed by atoms with E-state index in [2.05, 4.69) is 19.2 Å². The van der Waals surface area contributed by atoms with E-state index in [-0.39, 0.29) is 17.1 Å². The molecule has 1 heterocycles. The molecular formula is C28H34N4O5. The zero-order valence-corrected chi connectivity index (χ0v) is 22.0. The summed E-state index contributed by atoms with van der Waals surface area (Å²) in [4.78, 5) is 25.8. The Morgan fingerprint density at radius 1 is 1.08 bits per heavy atom. The molecule has 0 saturated carbocycles. The van der Waals surface area contributed by atoms with Crippen LogP contribution in [0.1, 0.15) is 57.9 Å². The van der Waals surface area contributed by atoms with Gasteiger partial charge in [-0.05, 0) is 47.7 Å². The molecule has 0 spiro atoms. The largest absolute Gasteiger partial charge is 0.493 e. The molecule has 0 fully saturated rings. The predicted octanol–water partition coefficient (Wildman–Crippen LogP) is 3.59. The fraction of sp³-hybridized carbons (Fsp3) is 0.393. The van der Waals surface area contributed by atoms with E-state index in [0.717, 1.165) is 11.3 Å². The number of ether oxygens (including phenoxy) is 3. The first kappa shape index (κ1) is 26.2. The molecule has 37 heavy (non-hydrogen) atoms. The number of nitrogens with two attached hydrogens (primary N) is 1. The van der Waals surface area contributed by atoms with Crippen molar-refractivity contribution in [1.29, 1.82) is 0 Å². The number of Topliss-reactive ketones (excluding diaryl/α,β-unsaturated/α-hetero) is 1. The number of carbonyl (C=O) groups excluding carboxylic acids is 2. The Bertz CT molecular complexity index is 1330. The normalized spacial score (nSPS) is 14.2. The monoisotopic (exact) mass is 506 g/mol. The maximum atomic E-state index is 13.3. The number of hydrogen-bond donors (Lipinski definition) is 2. The first-order chi connectivity index (χ1) is 17.7. The number of carbonyl (C=O) groups is 2. The summed E-state index contributed by atoms with van der Waals surface area (Å²) in [7, 11) is 4.76. The Balaban J connectivity index is 1.74. The number of benzene rings is 2. The molecule has 0 atom stereocenters. The maximum Gasteiger partial charge on any atom is 0.251 e. The molecule has 3 N–H and O–H groups in total. The number of hydrogen-bond acceptors (Lipinski definition) is 7. The van der Waals surface area contributed by atoms with Crippen molar-refractivity contribution in [3.05, 3.63) is 64.5 Å². The Kier molecular flexibility index (Phi) is 7.54. The van der Waals surface area contributed by atoms with Gasteiger partial charge in [-0.2, -0.15) is 5.10 Å². The number of anilines is 1. The molecule has 9 nitrogen and oxygen atoms in total. The summed E-state index contributed by atoms with van der Waals surface area (Å²) >= 11 is 0. The van der Waals surface area contributed by atoms with Gasteiger partial charge in [-0.25, -0.2) is 4.68 Å². The van der Waals surface area contributed by atoms with Crippen molar-refractivity contribution in [2.24, 2.45) is 5.41 Å². The van der Waals surface area contributed by atoms with Gasteiger partial charge in [-0.15, -0.1) is 0 Å². The molecule has 0 unspecified atom stereocenters. The van der Waals surface area contributed by atoms with Gasteiger partial charge in [-0.1, -0.05) is 19.9 Å². The lowest BCUT2D eigenvalue weighted by molar-refractivity contribution is 0.0908. The standard InChI is InChI=1S/C28H34N4O5/c1-28(2)15-22-26(23(33)16-28)20(12-17-6-9-24(36-4)25(13-17)37-5)31-32(22)21-8-7-18(14-19(21)29)27(34)30-10-11-35-3/h6-9,13-14H,10-12,15-16,29H2,1-5H3,(H,30,34). The summed E-state index contributed by atoms with van der Waals surface area (Å²) in [6.45, 7) is 4.98. The highest BCUT2D eigenvalue weighted by atomic mass is 16.5. The second-order valence-corrected chi connectivity index (χ2v) is 10.0. The summed E-state index contributed by atoms with van der Waals surface area (Å²) in [6, 6.07) is 10.8. The fourth-order valence-electron chi connectivity index (χ4n) is 4.79. The second kappa shape index (κ2) is 10.6. The Labute approximate surface area is 216 Å². The zero-order valence-electron chi connectivity index (χ0n) is 22.0. The van der Waals surface area contributed by atoms with Crippen LogP contribution in [0, 0.1) is 5.41 Å². The van der Waals surface area contributed by atoms with E-state index in [1.54, 1.807) is 44.2 Å². The molecule has 1 aliphatic rings. The highest BCUT2D eigenvalue weighted by molar-refractivity contribution is 6.00. The number of nitrogens with one attached hydrogen (secondary N) is 1. The zero-order chi connectivity index (χ0) is 26.7. The van der Waals surface area contributed by atoms with Crippen LogP contribution in [-0.4, -0.2) is 56.0 Å². The van der Waals surface area contributed by atoms with E-state index in [1.165, 1.54) is 0 Å². The average Bonchev–Trinajstić information content (AvgIpc) is 3.20. The number of nitrogen functional groups attached to an aromatic ring is 1. The first-order valence-corrected chi connectivity index (χ1v) is 12.2. The molecular weight excluding hydrogens is 472 g/mol. The van der Waals surface area contributed by atoms with Crippen LogP contribution in [0.4, 0.5) is 5.69 Å². The van der Waals surface area contributed by atoms with E-state index in [4.69, 9.17) is 25.0 Å². The molecule has 1 aliphatic carbocycles. The summed E-state index contributed by atoms with van der Waals surface area (Å²) in [5.74, 6) is 1.09. The van der Waals surface area contributed by atoms with E-state index >= 15 is 0 Å². The lowest BCUT2D eigenvalue weighted by atomic mass is 9.75. The topological polar surface area (TPSA) is 118 Å². The molecule has 196 valence electrons. The first-order valence-electron chi connectivity index (χ1n) is 12.2. The molecule has 3 aromatic rings. The van der Waals surface area contributed by atoms with Crippen LogP contribution in [0.15, 0.2) is 36.4 Å². The smallest absolute Gasteiger partial charge is 0.251 e. The third-order valence-corrected chi connectivity index (χ3v) is 6.55. The third-order valence-electron chi connectivity index (χ3n) is 6.55. The van der Waals surface area contributed by atoms with E-state index in [9.17, 15) is 9.59 Å². The Hall–Kier alpha value is -3.85. The molecule has 4 rings (SSSR count). The van der Waals surface area contributed by atoms with E-state index < -0.39 is 0 Å². The van der Waals surface area contributed by atoms with E-state index in [0.29, 0.717) is 72.1 Å². The fourth-order valence-corrected chi connectivity index (χ4v) is 4.79. The van der Waals surface area contributed by atoms with Gasteiger partial charge >= 0.3 is 0 Å². The summed E-state index contributed by atoms with van der Waals surface area (Å²) in [5, 5.41) is 7.69. The van der Waals surface area contributed by atoms with Gasteiger partial charge in [-0.3, -0.25) is 9.59 Å². The third kappa shape index (κ3) is 5.46. The van der Waals surface area contributed by atoms with Gasteiger partial charge < -0.3 is 25.3 Å². The van der Waals surface area contributed by atoms with Crippen molar-refractivity contribution in [2.45, 2.75) is 33.1 Å². The number of amides is 1. The van der Waals surface area contributed by atoms with Gasteiger partial charge in [0.05, 0.1) is 49.2 Å². The quantitative estimate of drug-likeness (QED) is 0.336. The van der Waals surface area contributed by atoms with Crippen molar-refractivity contribution < 1.29 is 23.8 Å². The van der Waals surface area contributed by atoms with Gasteiger partial charge in [0.25, 0.3) is 5.91 Å². The maximum absolute atomic E-state index is 13.3. The van der Waals surface area contributed by atoms with Crippen LogP contribution in [0.5, 0.6) is 11.5 Å². The minimum absolute atomic E-state index is 0.0701. The van der Waals surface area contributed by atoms with Gasteiger partial charge in [0, 0.05) is 32.1 Å². The van der Waals surface area contributed by atoms with Crippen LogP contribution in [0.3, 0.4) is 0 Å². The SMILES string of the molecule is COCCNC(=O)c1ccc(-n2nc(Cc3ccc(OC)c(OC)c3)c3c2CC(C)(C)CC3=O)c(N)c1. The minimum Gasteiger partial charge on any atom is -0.493 e. The minimum atomic E-state index is -0.233. The highest BCUT2D eigenvalue weighted by Gasteiger charge is 2.37. The van der Waals surface area contributed by atoms with Crippen molar-refractivity contribution in [2.75, 3.05) is 40.2 Å². The van der Waals surface area contributed by atoms with Crippen molar-refractivity contribution >= 4 is 17.4 Å². The average molecular weight is 507 g/mol. The van der Waals surface area contributed by atoms with Gasteiger partial charge in [0.1, 0.15) is 0 Å². The lowest BCUT2D eigenvalue weighted by Crippen LogP contribution is -2.28. The number of nitrogens with zero attached hydrogens (tertiary/aromatic N) is 2. The molecule has 9 heteroatoms. The van der Waals surface area contributed by atoms with Crippen LogP contribution in [-0.2, 0) is 17.6 Å². The second-order valence-electron chi connectivity index (χ2n) is 10.0. The number of fused-ring (bicyclic) bond motifs is 1. The summed E-state index contributed by atoms with van der Waals surface area (Å²) < 4.78 is 17.6. The molecule has 2 aromatic carbocycles. The van der Waals surface area contributed by atoms with Crippen LogP contribution in [0.2, 0.25) is 0 Å².